The van der Waals surface area contributed by atoms with Crippen molar-refractivity contribution in [3.63, 3.8) is 0 Å². The summed E-state index contributed by atoms with van der Waals surface area (Å²) in [6.45, 7) is 5.97. The van der Waals surface area contributed by atoms with Gasteiger partial charge in [0.2, 0.25) is 0 Å². The molecule has 9 heteroatoms. The molecule has 0 bridgehead atoms. The van der Waals surface area contributed by atoms with Gasteiger partial charge in [-0.25, -0.2) is 9.78 Å². The van der Waals surface area contributed by atoms with Crippen LogP contribution in [0, 0.1) is 5.92 Å². The van der Waals surface area contributed by atoms with E-state index in [9.17, 15) is 9.59 Å². The monoisotopic (exact) mass is 383 g/mol. The molecule has 28 heavy (non-hydrogen) atoms. The first kappa shape index (κ1) is 18.4. The minimum absolute atomic E-state index is 0.172. The standard InChI is InChI=1S/C19H25N7O2/c1-13(2)12-26-18(28)21-17(27)19(26)6-9-25(10-7-19)15-5-4-14(22-23-15)16-20-8-11-24(16)3/h4-5,8,11,13H,6-7,9-10,12H2,1-3H3,(H,21,27,28). The Kier molecular flexibility index (Phi) is 4.52. The van der Waals surface area contributed by atoms with E-state index >= 15 is 0 Å². The van der Waals surface area contributed by atoms with Crippen molar-refractivity contribution < 1.29 is 9.59 Å². The molecule has 4 heterocycles. The molecule has 2 aliphatic rings. The van der Waals surface area contributed by atoms with Gasteiger partial charge in [0.15, 0.2) is 11.6 Å². The molecule has 2 saturated heterocycles. The van der Waals surface area contributed by atoms with Crippen LogP contribution in [0.1, 0.15) is 26.7 Å². The molecular weight excluding hydrogens is 358 g/mol. The van der Waals surface area contributed by atoms with Gasteiger partial charge in [0.05, 0.1) is 0 Å². The van der Waals surface area contributed by atoms with Crippen LogP contribution in [0.5, 0.6) is 0 Å². The van der Waals surface area contributed by atoms with E-state index < -0.39 is 5.54 Å². The van der Waals surface area contributed by atoms with E-state index in [0.29, 0.717) is 44.1 Å². The summed E-state index contributed by atoms with van der Waals surface area (Å²) in [5.41, 5.74) is -0.0216. The molecule has 2 fully saturated rings. The lowest BCUT2D eigenvalue weighted by atomic mass is 9.85. The quantitative estimate of drug-likeness (QED) is 0.803. The number of imidazole rings is 1. The summed E-state index contributed by atoms with van der Waals surface area (Å²) in [6, 6.07) is 3.57. The Hall–Kier alpha value is -2.97. The number of carbonyl (C=O) groups excluding carboxylic acids is 2. The molecule has 148 valence electrons. The zero-order valence-electron chi connectivity index (χ0n) is 16.4. The van der Waals surface area contributed by atoms with Crippen LogP contribution in [-0.4, -0.2) is 61.8 Å². The zero-order chi connectivity index (χ0) is 19.9. The Bertz CT molecular complexity index is 882. The van der Waals surface area contributed by atoms with Crippen LogP contribution < -0.4 is 10.2 Å². The lowest BCUT2D eigenvalue weighted by Gasteiger charge is -2.43. The van der Waals surface area contributed by atoms with Gasteiger partial charge in [-0.3, -0.25) is 10.1 Å². The number of amides is 3. The molecule has 0 unspecified atom stereocenters. The highest BCUT2D eigenvalue weighted by molar-refractivity contribution is 6.07. The predicted octanol–water partition coefficient (Wildman–Crippen LogP) is 1.42. The smallest absolute Gasteiger partial charge is 0.325 e. The third-order valence-corrected chi connectivity index (χ3v) is 5.57. The van der Waals surface area contributed by atoms with Crippen molar-refractivity contribution in [2.75, 3.05) is 24.5 Å². The van der Waals surface area contributed by atoms with Gasteiger partial charge in [-0.15, -0.1) is 10.2 Å². The van der Waals surface area contributed by atoms with E-state index in [4.69, 9.17) is 0 Å². The highest BCUT2D eigenvalue weighted by atomic mass is 16.2. The summed E-state index contributed by atoms with van der Waals surface area (Å²) in [5, 5.41) is 11.2. The third kappa shape index (κ3) is 3.00. The van der Waals surface area contributed by atoms with Crippen LogP contribution in [-0.2, 0) is 11.8 Å². The molecule has 1 spiro atoms. The second kappa shape index (κ2) is 6.88. The zero-order valence-corrected chi connectivity index (χ0v) is 16.4. The average Bonchev–Trinajstić information content (AvgIpc) is 3.20. The van der Waals surface area contributed by atoms with Gasteiger partial charge < -0.3 is 14.4 Å². The number of piperidine rings is 1. The van der Waals surface area contributed by atoms with E-state index in [0.717, 1.165) is 11.6 Å². The summed E-state index contributed by atoms with van der Waals surface area (Å²) >= 11 is 0. The minimum Gasteiger partial charge on any atom is -0.355 e. The Morgan fingerprint density at radius 1 is 1.18 bits per heavy atom. The number of aromatic nitrogens is 4. The summed E-state index contributed by atoms with van der Waals surface area (Å²) in [7, 11) is 1.92. The van der Waals surface area contributed by atoms with Crippen molar-refractivity contribution in [1.29, 1.82) is 0 Å². The van der Waals surface area contributed by atoms with Crippen molar-refractivity contribution in [2.24, 2.45) is 13.0 Å². The highest BCUT2D eigenvalue weighted by Crippen LogP contribution is 2.35. The first-order valence-corrected chi connectivity index (χ1v) is 9.60. The first-order chi connectivity index (χ1) is 13.4. The van der Waals surface area contributed by atoms with E-state index in [1.54, 1.807) is 11.1 Å². The number of hydrogen-bond donors (Lipinski definition) is 1. The summed E-state index contributed by atoms with van der Waals surface area (Å²) < 4.78 is 1.90. The molecule has 2 aliphatic heterocycles. The molecule has 2 aromatic rings. The Morgan fingerprint density at radius 2 is 1.93 bits per heavy atom. The van der Waals surface area contributed by atoms with Crippen LogP contribution in [0.2, 0.25) is 0 Å². The van der Waals surface area contributed by atoms with E-state index in [-0.39, 0.29) is 11.9 Å². The lowest BCUT2D eigenvalue weighted by molar-refractivity contribution is -0.127. The van der Waals surface area contributed by atoms with Gasteiger partial charge in [0.1, 0.15) is 11.2 Å². The van der Waals surface area contributed by atoms with E-state index in [1.165, 1.54) is 0 Å². The maximum absolute atomic E-state index is 12.6. The number of anilines is 1. The number of rotatable bonds is 4. The van der Waals surface area contributed by atoms with Crippen LogP contribution >= 0.6 is 0 Å². The average molecular weight is 383 g/mol. The second-order valence-corrected chi connectivity index (χ2v) is 7.92. The Morgan fingerprint density at radius 3 is 2.50 bits per heavy atom. The Labute approximate surface area is 163 Å². The highest BCUT2D eigenvalue weighted by Gasteiger charge is 2.54. The van der Waals surface area contributed by atoms with Gasteiger partial charge in [0, 0.05) is 39.1 Å². The number of carbonyl (C=O) groups is 2. The molecule has 0 aliphatic carbocycles. The van der Waals surface area contributed by atoms with Gasteiger partial charge >= 0.3 is 6.03 Å². The number of hydrogen-bond acceptors (Lipinski definition) is 6. The molecule has 9 nitrogen and oxygen atoms in total. The van der Waals surface area contributed by atoms with Crippen LogP contribution in [0.4, 0.5) is 10.6 Å². The topological polar surface area (TPSA) is 96.2 Å². The van der Waals surface area contributed by atoms with Crippen molar-refractivity contribution in [3.8, 4) is 11.5 Å². The van der Waals surface area contributed by atoms with Gasteiger partial charge in [-0.1, -0.05) is 13.8 Å². The number of aryl methyl sites for hydroxylation is 1. The largest absolute Gasteiger partial charge is 0.355 e. The number of nitrogens with one attached hydrogen (secondary N) is 1. The fourth-order valence-electron chi connectivity index (χ4n) is 4.05. The van der Waals surface area contributed by atoms with Crippen molar-refractivity contribution in [2.45, 2.75) is 32.2 Å². The Balaban J connectivity index is 1.48. The first-order valence-electron chi connectivity index (χ1n) is 9.60. The lowest BCUT2D eigenvalue weighted by Crippen LogP contribution is -2.57. The van der Waals surface area contributed by atoms with Crippen molar-refractivity contribution >= 4 is 17.8 Å². The van der Waals surface area contributed by atoms with Crippen LogP contribution in [0.3, 0.4) is 0 Å². The number of urea groups is 1. The maximum Gasteiger partial charge on any atom is 0.325 e. The van der Waals surface area contributed by atoms with E-state index in [1.807, 2.05) is 29.9 Å². The molecule has 1 N–H and O–H groups in total. The van der Waals surface area contributed by atoms with Gasteiger partial charge in [0.25, 0.3) is 5.91 Å². The summed E-state index contributed by atoms with van der Waals surface area (Å²) in [5.74, 6) is 1.67. The molecule has 3 amide bonds. The molecule has 2 aromatic heterocycles. The molecule has 4 rings (SSSR count). The molecule has 0 radical (unpaired) electrons. The van der Waals surface area contributed by atoms with Gasteiger partial charge in [-0.2, -0.15) is 0 Å². The van der Waals surface area contributed by atoms with Gasteiger partial charge in [-0.05, 0) is 30.9 Å². The normalized spacial score (nSPS) is 19.0. The van der Waals surface area contributed by atoms with Crippen LogP contribution in [0.15, 0.2) is 24.5 Å². The number of imide groups is 1. The minimum atomic E-state index is -0.738. The predicted molar refractivity (Wildman–Crippen MR) is 103 cm³/mol. The fraction of sp³-hybridized carbons (Fsp3) is 0.526. The summed E-state index contributed by atoms with van der Waals surface area (Å²) in [6.07, 6.45) is 4.76. The number of nitrogens with zero attached hydrogens (tertiary/aromatic N) is 6. The van der Waals surface area contributed by atoms with E-state index in [2.05, 4.69) is 39.2 Å². The van der Waals surface area contributed by atoms with Crippen LogP contribution in [0.25, 0.3) is 11.5 Å². The second-order valence-electron chi connectivity index (χ2n) is 7.92. The SMILES string of the molecule is CC(C)CN1C(=O)NC(=O)C12CCN(c1ccc(-c3nccn3C)nn1)CC2. The molecule has 0 atom stereocenters. The third-order valence-electron chi connectivity index (χ3n) is 5.57. The fourth-order valence-corrected chi connectivity index (χ4v) is 4.05. The van der Waals surface area contributed by atoms with Crippen molar-refractivity contribution in [3.05, 3.63) is 24.5 Å². The molecule has 0 aromatic carbocycles. The molecular formula is C19H25N7O2. The molecule has 0 saturated carbocycles. The summed E-state index contributed by atoms with van der Waals surface area (Å²) in [4.78, 5) is 33.0. The van der Waals surface area contributed by atoms with Crippen molar-refractivity contribution in [1.82, 2.24) is 30.0 Å². The maximum atomic E-state index is 12.6.